The summed E-state index contributed by atoms with van der Waals surface area (Å²) in [7, 11) is 0. The molecule has 2 fully saturated rings. The van der Waals surface area contributed by atoms with Gasteiger partial charge in [0.05, 0.1) is 0 Å². The molecule has 0 aromatic carbocycles. The Morgan fingerprint density at radius 2 is 1.95 bits per heavy atom. The van der Waals surface area contributed by atoms with Crippen LogP contribution in [0.25, 0.3) is 0 Å². The summed E-state index contributed by atoms with van der Waals surface area (Å²) in [5.41, 5.74) is 5.66. The molecule has 1 amide bonds. The monoisotopic (exact) mass is 280 g/mol. The van der Waals surface area contributed by atoms with Crippen molar-refractivity contribution in [2.75, 3.05) is 6.54 Å². The summed E-state index contributed by atoms with van der Waals surface area (Å²) in [6.45, 7) is 5.38. The summed E-state index contributed by atoms with van der Waals surface area (Å²) in [6, 6.07) is 0.411. The molecule has 0 aromatic rings. The van der Waals surface area contributed by atoms with Gasteiger partial charge in [-0.1, -0.05) is 26.7 Å². The number of carbonyl (C=O) groups is 1. The Labute approximate surface area is 124 Å². The van der Waals surface area contributed by atoms with Gasteiger partial charge in [0, 0.05) is 12.0 Å². The van der Waals surface area contributed by atoms with Gasteiger partial charge in [-0.15, -0.1) is 0 Å². The molecule has 5 atom stereocenters. The normalized spacial score (nSPS) is 38.5. The van der Waals surface area contributed by atoms with Crippen molar-refractivity contribution in [2.45, 2.75) is 71.3 Å². The van der Waals surface area contributed by atoms with E-state index in [9.17, 15) is 4.79 Å². The van der Waals surface area contributed by atoms with Gasteiger partial charge in [-0.05, 0) is 62.8 Å². The highest BCUT2D eigenvalue weighted by molar-refractivity contribution is 5.79. The zero-order valence-corrected chi connectivity index (χ0v) is 13.2. The first kappa shape index (κ1) is 15.8. The second-order valence-corrected chi connectivity index (χ2v) is 7.32. The second-order valence-electron chi connectivity index (χ2n) is 7.32. The minimum Gasteiger partial charge on any atom is -0.353 e. The molecular weight excluding hydrogens is 248 g/mol. The van der Waals surface area contributed by atoms with Gasteiger partial charge in [0.2, 0.25) is 5.91 Å². The van der Waals surface area contributed by atoms with Crippen LogP contribution in [0.1, 0.15) is 65.2 Å². The number of rotatable bonds is 4. The summed E-state index contributed by atoms with van der Waals surface area (Å²) >= 11 is 0. The SMILES string of the molecule is CC1CCC(NC(=O)C2CCCC(CCN)C2)C(C)C1. The summed E-state index contributed by atoms with van der Waals surface area (Å²) in [4.78, 5) is 12.5. The molecule has 20 heavy (non-hydrogen) atoms. The van der Waals surface area contributed by atoms with Crippen molar-refractivity contribution >= 4 is 5.91 Å². The van der Waals surface area contributed by atoms with Gasteiger partial charge in [-0.25, -0.2) is 0 Å². The Morgan fingerprint density at radius 3 is 2.65 bits per heavy atom. The lowest BCUT2D eigenvalue weighted by Gasteiger charge is -2.35. The first-order valence-corrected chi connectivity index (χ1v) is 8.60. The molecule has 0 aromatic heterocycles. The second kappa shape index (κ2) is 7.44. The van der Waals surface area contributed by atoms with Crippen LogP contribution < -0.4 is 11.1 Å². The van der Waals surface area contributed by atoms with Crippen molar-refractivity contribution in [1.29, 1.82) is 0 Å². The molecule has 0 heterocycles. The summed E-state index contributed by atoms with van der Waals surface area (Å²) in [5.74, 6) is 2.69. The van der Waals surface area contributed by atoms with Gasteiger partial charge >= 0.3 is 0 Å². The van der Waals surface area contributed by atoms with Gasteiger partial charge in [-0.2, -0.15) is 0 Å². The van der Waals surface area contributed by atoms with E-state index < -0.39 is 0 Å². The van der Waals surface area contributed by atoms with E-state index in [1.165, 1.54) is 25.7 Å². The van der Waals surface area contributed by atoms with Crippen LogP contribution >= 0.6 is 0 Å². The standard InChI is InChI=1S/C17H32N2O/c1-12-6-7-16(13(2)10-12)19-17(20)15-5-3-4-14(11-15)8-9-18/h12-16H,3-11,18H2,1-2H3,(H,19,20). The van der Waals surface area contributed by atoms with E-state index >= 15 is 0 Å². The maximum atomic E-state index is 12.5. The Hall–Kier alpha value is -0.570. The van der Waals surface area contributed by atoms with E-state index in [1.807, 2.05) is 0 Å². The van der Waals surface area contributed by atoms with Gasteiger partial charge in [0.25, 0.3) is 0 Å². The summed E-state index contributed by atoms with van der Waals surface area (Å²) in [5, 5.41) is 3.35. The molecule has 3 heteroatoms. The Kier molecular flexibility index (Phi) is 5.88. The van der Waals surface area contributed by atoms with Crippen molar-refractivity contribution < 1.29 is 4.79 Å². The molecule has 0 bridgehead atoms. The molecule has 0 radical (unpaired) electrons. The lowest BCUT2D eigenvalue weighted by Crippen LogP contribution is -2.45. The third-order valence-electron chi connectivity index (χ3n) is 5.49. The zero-order chi connectivity index (χ0) is 14.5. The molecule has 5 unspecified atom stereocenters. The fourth-order valence-corrected chi connectivity index (χ4v) is 4.21. The van der Waals surface area contributed by atoms with Crippen LogP contribution in [0.5, 0.6) is 0 Å². The zero-order valence-electron chi connectivity index (χ0n) is 13.2. The average Bonchev–Trinajstić information content (AvgIpc) is 2.42. The van der Waals surface area contributed by atoms with Crippen LogP contribution in [0.15, 0.2) is 0 Å². The van der Waals surface area contributed by atoms with Crippen molar-refractivity contribution in [3.05, 3.63) is 0 Å². The van der Waals surface area contributed by atoms with Crippen LogP contribution in [0.2, 0.25) is 0 Å². The molecule has 3 nitrogen and oxygen atoms in total. The third kappa shape index (κ3) is 4.21. The molecule has 2 saturated carbocycles. The van der Waals surface area contributed by atoms with Crippen LogP contribution in [-0.4, -0.2) is 18.5 Å². The molecule has 0 aliphatic heterocycles. The number of nitrogens with one attached hydrogen (secondary N) is 1. The molecular formula is C17H32N2O. The number of hydrogen-bond donors (Lipinski definition) is 2. The van der Waals surface area contributed by atoms with E-state index in [1.54, 1.807) is 0 Å². The molecule has 0 saturated heterocycles. The number of carbonyl (C=O) groups excluding carboxylic acids is 1. The van der Waals surface area contributed by atoms with E-state index in [2.05, 4.69) is 19.2 Å². The van der Waals surface area contributed by atoms with Gasteiger partial charge < -0.3 is 11.1 Å². The molecule has 2 aliphatic carbocycles. The topological polar surface area (TPSA) is 55.1 Å². The quantitative estimate of drug-likeness (QED) is 0.831. The maximum Gasteiger partial charge on any atom is 0.223 e. The average molecular weight is 280 g/mol. The highest BCUT2D eigenvalue weighted by Gasteiger charge is 2.31. The molecule has 116 valence electrons. The third-order valence-corrected chi connectivity index (χ3v) is 5.49. The Morgan fingerprint density at radius 1 is 1.15 bits per heavy atom. The minimum absolute atomic E-state index is 0.242. The van der Waals surface area contributed by atoms with E-state index in [-0.39, 0.29) is 5.92 Å². The highest BCUT2D eigenvalue weighted by Crippen LogP contribution is 2.32. The van der Waals surface area contributed by atoms with Crippen LogP contribution in [-0.2, 0) is 4.79 Å². The minimum atomic E-state index is 0.242. The maximum absolute atomic E-state index is 12.5. The van der Waals surface area contributed by atoms with Crippen LogP contribution in [0, 0.1) is 23.7 Å². The molecule has 3 N–H and O–H groups in total. The molecule has 2 aliphatic rings. The predicted octanol–water partition coefficient (Wildman–Crippen LogP) is 3.08. The number of nitrogens with two attached hydrogens (primary N) is 1. The Bertz CT molecular complexity index is 316. The molecule has 0 spiro atoms. The highest BCUT2D eigenvalue weighted by atomic mass is 16.1. The van der Waals surface area contributed by atoms with Crippen LogP contribution in [0.4, 0.5) is 0 Å². The van der Waals surface area contributed by atoms with E-state index in [0.717, 1.165) is 38.1 Å². The number of amides is 1. The van der Waals surface area contributed by atoms with Crippen molar-refractivity contribution in [1.82, 2.24) is 5.32 Å². The van der Waals surface area contributed by atoms with E-state index in [4.69, 9.17) is 5.73 Å². The fourth-order valence-electron chi connectivity index (χ4n) is 4.21. The molecule has 2 rings (SSSR count). The largest absolute Gasteiger partial charge is 0.353 e. The first-order chi connectivity index (χ1) is 9.60. The fraction of sp³-hybridized carbons (Fsp3) is 0.941. The Balaban J connectivity index is 1.81. The number of hydrogen-bond acceptors (Lipinski definition) is 2. The van der Waals surface area contributed by atoms with E-state index in [0.29, 0.717) is 23.8 Å². The predicted molar refractivity (Wildman–Crippen MR) is 83.2 cm³/mol. The first-order valence-electron chi connectivity index (χ1n) is 8.60. The van der Waals surface area contributed by atoms with Crippen molar-refractivity contribution in [3.63, 3.8) is 0 Å². The van der Waals surface area contributed by atoms with Crippen LogP contribution in [0.3, 0.4) is 0 Å². The van der Waals surface area contributed by atoms with Crippen molar-refractivity contribution in [2.24, 2.45) is 29.4 Å². The lowest BCUT2D eigenvalue weighted by molar-refractivity contribution is -0.127. The van der Waals surface area contributed by atoms with Gasteiger partial charge in [0.1, 0.15) is 0 Å². The summed E-state index contributed by atoms with van der Waals surface area (Å²) in [6.07, 6.45) is 9.35. The van der Waals surface area contributed by atoms with Gasteiger partial charge in [-0.3, -0.25) is 4.79 Å². The lowest BCUT2D eigenvalue weighted by atomic mass is 9.77. The van der Waals surface area contributed by atoms with Gasteiger partial charge in [0.15, 0.2) is 0 Å². The summed E-state index contributed by atoms with van der Waals surface area (Å²) < 4.78 is 0. The smallest absolute Gasteiger partial charge is 0.223 e. The van der Waals surface area contributed by atoms with Crippen molar-refractivity contribution in [3.8, 4) is 0 Å².